The number of nitrogens with one attached hydrogen (secondary N) is 1. The number of allylic oxidation sites excluding steroid dienone is 1. The Kier molecular flexibility index (Phi) is 5.34. The number of hydrogen-bond acceptors (Lipinski definition) is 4. The average molecular weight is 362 g/mol. The van der Waals surface area contributed by atoms with E-state index in [9.17, 15) is 26.4 Å². The molecule has 0 saturated heterocycles. The molecule has 2 rings (SSSR count). The van der Waals surface area contributed by atoms with Crippen molar-refractivity contribution in [1.82, 2.24) is 4.31 Å². The van der Waals surface area contributed by atoms with Crippen molar-refractivity contribution in [3.8, 4) is 0 Å². The molecule has 0 saturated carbocycles. The molecule has 0 fully saturated rings. The highest BCUT2D eigenvalue weighted by Crippen LogP contribution is 2.32. The Morgan fingerprint density at radius 1 is 1.38 bits per heavy atom. The van der Waals surface area contributed by atoms with E-state index < -0.39 is 28.1 Å². The van der Waals surface area contributed by atoms with Crippen molar-refractivity contribution in [1.29, 1.82) is 0 Å². The van der Waals surface area contributed by atoms with E-state index in [0.717, 1.165) is 0 Å². The minimum atomic E-state index is -5.46. The quantitative estimate of drug-likeness (QED) is 0.646. The second kappa shape index (κ2) is 6.94. The molecule has 0 aliphatic carbocycles. The number of anilines is 1. The van der Waals surface area contributed by atoms with Gasteiger partial charge < -0.3 is 5.32 Å². The van der Waals surface area contributed by atoms with Gasteiger partial charge in [-0.25, -0.2) is 8.42 Å². The zero-order valence-corrected chi connectivity index (χ0v) is 13.5. The van der Waals surface area contributed by atoms with E-state index in [0.29, 0.717) is 34.7 Å². The number of carbonyl (C=O) groups is 1. The number of halogens is 3. The lowest BCUT2D eigenvalue weighted by atomic mass is 10.1. The van der Waals surface area contributed by atoms with E-state index in [-0.39, 0.29) is 12.1 Å². The van der Waals surface area contributed by atoms with Crippen molar-refractivity contribution in [2.24, 2.45) is 0 Å². The first-order chi connectivity index (χ1) is 11.2. The van der Waals surface area contributed by atoms with Gasteiger partial charge in [0.1, 0.15) is 6.29 Å². The first-order valence-corrected chi connectivity index (χ1v) is 8.65. The Balaban J connectivity index is 2.44. The van der Waals surface area contributed by atoms with Crippen molar-refractivity contribution in [2.75, 3.05) is 11.9 Å². The molecule has 0 amide bonds. The predicted octanol–water partition coefficient (Wildman–Crippen LogP) is 2.91. The number of carbonyl (C=O) groups excluding carboxylic acids is 1. The van der Waals surface area contributed by atoms with Crippen LogP contribution in [0.2, 0.25) is 0 Å². The fourth-order valence-electron chi connectivity index (χ4n) is 2.54. The Bertz CT molecular complexity index is 732. The molecular weight excluding hydrogens is 345 g/mol. The fraction of sp³-hybridized carbons (Fsp3) is 0.400. The van der Waals surface area contributed by atoms with Gasteiger partial charge in [0.15, 0.2) is 0 Å². The van der Waals surface area contributed by atoms with Gasteiger partial charge in [-0.3, -0.25) is 4.79 Å². The summed E-state index contributed by atoms with van der Waals surface area (Å²) in [6.07, 6.45) is 3.14. The van der Waals surface area contributed by atoms with Gasteiger partial charge in [-0.05, 0) is 36.6 Å². The van der Waals surface area contributed by atoms with Gasteiger partial charge in [0.25, 0.3) is 0 Å². The second-order valence-corrected chi connectivity index (χ2v) is 7.41. The first-order valence-electron chi connectivity index (χ1n) is 7.21. The summed E-state index contributed by atoms with van der Waals surface area (Å²) in [5, 5.41) is 3.06. The van der Waals surface area contributed by atoms with E-state index >= 15 is 0 Å². The molecule has 1 atom stereocenters. The third-order valence-corrected chi connectivity index (χ3v) is 5.29. The summed E-state index contributed by atoms with van der Waals surface area (Å²) in [4.78, 5) is 10.9. The SMILES string of the molecule is C=CCCC1CN(S(=O)(=O)C(F)(F)F)Cc2cc(C=O)ccc2N1. The number of alkyl halides is 3. The topological polar surface area (TPSA) is 66.5 Å². The van der Waals surface area contributed by atoms with Gasteiger partial charge in [0, 0.05) is 30.4 Å². The van der Waals surface area contributed by atoms with E-state index in [2.05, 4.69) is 11.9 Å². The summed E-state index contributed by atoms with van der Waals surface area (Å²) in [5.74, 6) is 0. The van der Waals surface area contributed by atoms with Crippen LogP contribution in [0.3, 0.4) is 0 Å². The maximum Gasteiger partial charge on any atom is 0.511 e. The summed E-state index contributed by atoms with van der Waals surface area (Å²) >= 11 is 0. The molecule has 1 heterocycles. The van der Waals surface area contributed by atoms with E-state index in [4.69, 9.17) is 0 Å². The van der Waals surface area contributed by atoms with Crippen LogP contribution in [0.25, 0.3) is 0 Å². The summed E-state index contributed by atoms with van der Waals surface area (Å²) in [5.41, 5.74) is -4.25. The standard InChI is InChI=1S/C15H17F3N2O3S/c1-2-3-4-13-9-20(24(22,23)15(16,17)18)8-12-7-11(10-21)5-6-14(12)19-13/h2,5-7,10,13,19H,1,3-4,8-9H2. The lowest BCUT2D eigenvalue weighted by Gasteiger charge is -2.24. The van der Waals surface area contributed by atoms with Gasteiger partial charge in [0.2, 0.25) is 0 Å². The highest BCUT2D eigenvalue weighted by molar-refractivity contribution is 7.89. The summed E-state index contributed by atoms with van der Waals surface area (Å²) in [6, 6.07) is 3.99. The minimum Gasteiger partial charge on any atom is -0.381 e. The number of benzene rings is 1. The van der Waals surface area contributed by atoms with Crippen LogP contribution >= 0.6 is 0 Å². The third-order valence-electron chi connectivity index (χ3n) is 3.75. The summed E-state index contributed by atoms with van der Waals surface area (Å²) in [7, 11) is -5.46. The van der Waals surface area contributed by atoms with Crippen LogP contribution in [0.5, 0.6) is 0 Å². The molecule has 1 aliphatic rings. The number of rotatable bonds is 5. The molecular formula is C15H17F3N2O3S. The third kappa shape index (κ3) is 3.78. The molecule has 1 N–H and O–H groups in total. The van der Waals surface area contributed by atoms with Gasteiger partial charge in [-0.2, -0.15) is 17.5 Å². The average Bonchev–Trinajstić information content (AvgIpc) is 2.70. The number of nitrogens with zero attached hydrogens (tertiary/aromatic N) is 1. The molecule has 0 aromatic heterocycles. The second-order valence-electron chi connectivity index (χ2n) is 5.49. The monoisotopic (exact) mass is 362 g/mol. The van der Waals surface area contributed by atoms with Crippen LogP contribution in [0.4, 0.5) is 18.9 Å². The maximum absolute atomic E-state index is 12.9. The molecule has 1 aliphatic heterocycles. The van der Waals surface area contributed by atoms with Crippen molar-refractivity contribution in [3.63, 3.8) is 0 Å². The zero-order chi connectivity index (χ0) is 18.0. The molecule has 1 aromatic carbocycles. The normalized spacial score (nSPS) is 19.0. The largest absolute Gasteiger partial charge is 0.511 e. The van der Waals surface area contributed by atoms with Crippen molar-refractivity contribution < 1.29 is 26.4 Å². The number of aldehydes is 1. The Morgan fingerprint density at radius 3 is 2.67 bits per heavy atom. The number of fused-ring (bicyclic) bond motifs is 1. The van der Waals surface area contributed by atoms with E-state index in [1.807, 2.05) is 0 Å². The lowest BCUT2D eigenvalue weighted by Crippen LogP contribution is -2.44. The summed E-state index contributed by atoms with van der Waals surface area (Å²) in [6.45, 7) is 2.80. The van der Waals surface area contributed by atoms with Crippen molar-refractivity contribution in [2.45, 2.75) is 30.9 Å². The predicted molar refractivity (Wildman–Crippen MR) is 84.1 cm³/mol. The molecule has 24 heavy (non-hydrogen) atoms. The Morgan fingerprint density at radius 2 is 2.08 bits per heavy atom. The number of hydrogen-bond donors (Lipinski definition) is 1. The molecule has 1 aromatic rings. The van der Waals surface area contributed by atoms with Gasteiger partial charge >= 0.3 is 15.5 Å². The highest BCUT2D eigenvalue weighted by Gasteiger charge is 2.50. The smallest absolute Gasteiger partial charge is 0.381 e. The van der Waals surface area contributed by atoms with Crippen LogP contribution in [-0.4, -0.2) is 37.1 Å². The number of sulfonamides is 1. The lowest BCUT2D eigenvalue weighted by molar-refractivity contribution is -0.0491. The van der Waals surface area contributed by atoms with Crippen LogP contribution in [0.1, 0.15) is 28.8 Å². The van der Waals surface area contributed by atoms with Gasteiger partial charge in [-0.15, -0.1) is 6.58 Å². The molecule has 5 nitrogen and oxygen atoms in total. The van der Waals surface area contributed by atoms with Crippen molar-refractivity contribution in [3.05, 3.63) is 42.0 Å². The van der Waals surface area contributed by atoms with E-state index in [1.54, 1.807) is 12.1 Å². The van der Waals surface area contributed by atoms with Crippen molar-refractivity contribution >= 4 is 22.0 Å². The van der Waals surface area contributed by atoms with Gasteiger partial charge in [-0.1, -0.05) is 6.08 Å². The molecule has 132 valence electrons. The highest BCUT2D eigenvalue weighted by atomic mass is 32.2. The van der Waals surface area contributed by atoms with Gasteiger partial charge in [0.05, 0.1) is 0 Å². The fourth-order valence-corrected chi connectivity index (χ4v) is 3.51. The van der Waals surface area contributed by atoms with Crippen LogP contribution in [0.15, 0.2) is 30.9 Å². The molecule has 0 spiro atoms. The van der Waals surface area contributed by atoms with Crippen LogP contribution in [0, 0.1) is 0 Å². The zero-order valence-electron chi connectivity index (χ0n) is 12.7. The van der Waals surface area contributed by atoms with Crippen LogP contribution in [-0.2, 0) is 16.6 Å². The minimum absolute atomic E-state index is 0.268. The first kappa shape index (κ1) is 18.5. The molecule has 9 heteroatoms. The Labute approximate surface area is 138 Å². The molecule has 1 unspecified atom stereocenters. The summed E-state index contributed by atoms with van der Waals surface area (Å²) < 4.78 is 62.9. The molecule has 0 radical (unpaired) electrons. The maximum atomic E-state index is 12.9. The molecule has 0 bridgehead atoms. The van der Waals surface area contributed by atoms with E-state index in [1.165, 1.54) is 12.1 Å². The Hall–Kier alpha value is -1.87. The van der Waals surface area contributed by atoms with Crippen LogP contribution < -0.4 is 5.32 Å².